The summed E-state index contributed by atoms with van der Waals surface area (Å²) >= 11 is 7.50. The van der Waals surface area contributed by atoms with Crippen LogP contribution in [0.4, 0.5) is 5.00 Å². The highest BCUT2D eigenvalue weighted by atomic mass is 35.5. The van der Waals surface area contributed by atoms with E-state index < -0.39 is 11.6 Å². The second-order valence-corrected chi connectivity index (χ2v) is 6.69. The zero-order chi connectivity index (χ0) is 14.9. The van der Waals surface area contributed by atoms with E-state index in [9.17, 15) is 4.79 Å². The van der Waals surface area contributed by atoms with E-state index >= 15 is 0 Å². The van der Waals surface area contributed by atoms with Gasteiger partial charge in [-0.3, -0.25) is 0 Å². The summed E-state index contributed by atoms with van der Waals surface area (Å²) in [6.45, 7) is 5.47. The van der Waals surface area contributed by atoms with Crippen molar-refractivity contribution in [2.75, 3.05) is 5.73 Å². The number of nitrogen functional groups attached to an aromatic ring is 1. The third kappa shape index (κ3) is 3.14. The fourth-order valence-electron chi connectivity index (χ4n) is 1.79. The molecule has 0 saturated heterocycles. The van der Waals surface area contributed by atoms with Crippen molar-refractivity contribution in [2.24, 2.45) is 0 Å². The number of benzene rings is 1. The summed E-state index contributed by atoms with van der Waals surface area (Å²) in [5.74, 6) is -0.425. The third-order valence-electron chi connectivity index (χ3n) is 2.59. The Morgan fingerprint density at radius 1 is 1.25 bits per heavy atom. The predicted molar refractivity (Wildman–Crippen MR) is 84.3 cm³/mol. The third-order valence-corrected chi connectivity index (χ3v) is 3.73. The summed E-state index contributed by atoms with van der Waals surface area (Å²) in [5, 5.41) is 2.85. The van der Waals surface area contributed by atoms with Gasteiger partial charge in [-0.2, -0.15) is 0 Å². The Morgan fingerprint density at radius 2 is 1.90 bits per heavy atom. The van der Waals surface area contributed by atoms with Gasteiger partial charge < -0.3 is 10.5 Å². The zero-order valence-corrected chi connectivity index (χ0v) is 13.1. The molecule has 1 heterocycles. The molecule has 2 N–H and O–H groups in total. The fourth-order valence-corrected chi connectivity index (χ4v) is 2.83. The van der Waals surface area contributed by atoms with E-state index in [0.29, 0.717) is 21.2 Å². The van der Waals surface area contributed by atoms with Gasteiger partial charge in [-0.1, -0.05) is 29.8 Å². The summed E-state index contributed by atoms with van der Waals surface area (Å²) in [5.41, 5.74) is 7.24. The molecule has 3 nitrogen and oxygen atoms in total. The Labute approximate surface area is 127 Å². The van der Waals surface area contributed by atoms with Gasteiger partial charge in [-0.25, -0.2) is 4.79 Å². The van der Waals surface area contributed by atoms with E-state index in [0.717, 1.165) is 5.56 Å². The fraction of sp³-hybridized carbons (Fsp3) is 0.267. The molecule has 2 rings (SSSR count). The first-order chi connectivity index (χ1) is 9.29. The van der Waals surface area contributed by atoms with Crippen LogP contribution in [0.5, 0.6) is 0 Å². The number of esters is 1. The number of halogens is 1. The van der Waals surface area contributed by atoms with Crippen molar-refractivity contribution < 1.29 is 9.53 Å². The lowest BCUT2D eigenvalue weighted by Crippen LogP contribution is -2.24. The molecule has 0 radical (unpaired) electrons. The highest BCUT2D eigenvalue weighted by Crippen LogP contribution is 2.37. The molecule has 106 valence electrons. The van der Waals surface area contributed by atoms with Crippen LogP contribution in [-0.4, -0.2) is 11.6 Å². The number of nitrogens with two attached hydrogens (primary N) is 1. The minimum absolute atomic E-state index is 0.387. The zero-order valence-electron chi connectivity index (χ0n) is 11.6. The minimum Gasteiger partial charge on any atom is -0.456 e. The summed E-state index contributed by atoms with van der Waals surface area (Å²) < 4.78 is 5.41. The smallest absolute Gasteiger partial charge is 0.342 e. The molecule has 0 aliphatic carbocycles. The molecule has 0 amide bonds. The van der Waals surface area contributed by atoms with Gasteiger partial charge in [-0.15, -0.1) is 11.3 Å². The van der Waals surface area contributed by atoms with Crippen molar-refractivity contribution in [3.63, 3.8) is 0 Å². The second kappa shape index (κ2) is 5.46. The van der Waals surface area contributed by atoms with E-state index in [4.69, 9.17) is 22.1 Å². The normalized spacial score (nSPS) is 11.4. The molecule has 0 fully saturated rings. The molecule has 0 unspecified atom stereocenters. The average Bonchev–Trinajstić information content (AvgIpc) is 2.69. The molecule has 5 heteroatoms. The van der Waals surface area contributed by atoms with E-state index in [-0.39, 0.29) is 0 Å². The predicted octanol–water partition coefficient (Wildman–Crippen LogP) is 4.61. The highest BCUT2D eigenvalue weighted by Gasteiger charge is 2.25. The summed E-state index contributed by atoms with van der Waals surface area (Å²) in [4.78, 5) is 12.3. The molecular weight excluding hydrogens is 294 g/mol. The van der Waals surface area contributed by atoms with Crippen molar-refractivity contribution in [3.8, 4) is 11.1 Å². The Kier molecular flexibility index (Phi) is 4.06. The molecule has 2 aromatic rings. The van der Waals surface area contributed by atoms with Crippen LogP contribution in [0.15, 0.2) is 29.6 Å². The van der Waals surface area contributed by atoms with Crippen molar-refractivity contribution in [1.29, 1.82) is 0 Å². The number of thiophene rings is 1. The lowest BCUT2D eigenvalue weighted by molar-refractivity contribution is 0.00722. The van der Waals surface area contributed by atoms with Crippen LogP contribution in [0.25, 0.3) is 11.1 Å². The molecular formula is C15H16ClNO2S. The van der Waals surface area contributed by atoms with Gasteiger partial charge in [0.15, 0.2) is 0 Å². The van der Waals surface area contributed by atoms with Gasteiger partial charge in [-0.05, 0) is 26.8 Å². The monoisotopic (exact) mass is 309 g/mol. The van der Waals surface area contributed by atoms with Crippen molar-refractivity contribution in [1.82, 2.24) is 0 Å². The van der Waals surface area contributed by atoms with Crippen LogP contribution < -0.4 is 5.73 Å². The van der Waals surface area contributed by atoms with Gasteiger partial charge in [0.05, 0.1) is 0 Å². The second-order valence-electron chi connectivity index (χ2n) is 5.37. The van der Waals surface area contributed by atoms with Crippen molar-refractivity contribution in [3.05, 3.63) is 40.2 Å². The molecule has 0 spiro atoms. The minimum atomic E-state index is -0.566. The van der Waals surface area contributed by atoms with Gasteiger partial charge in [0, 0.05) is 21.5 Å². The van der Waals surface area contributed by atoms with Crippen LogP contribution in [-0.2, 0) is 4.74 Å². The van der Waals surface area contributed by atoms with Gasteiger partial charge in [0.2, 0.25) is 0 Å². The van der Waals surface area contributed by atoms with E-state index in [2.05, 4.69) is 0 Å². The molecule has 20 heavy (non-hydrogen) atoms. The first-order valence-electron chi connectivity index (χ1n) is 6.15. The first-order valence-corrected chi connectivity index (χ1v) is 7.40. The van der Waals surface area contributed by atoms with E-state index in [1.165, 1.54) is 11.3 Å². The number of anilines is 1. The Morgan fingerprint density at radius 3 is 2.50 bits per heavy atom. The van der Waals surface area contributed by atoms with Crippen molar-refractivity contribution >= 4 is 33.9 Å². The summed E-state index contributed by atoms with van der Waals surface area (Å²) in [6, 6.07) is 7.35. The highest BCUT2D eigenvalue weighted by molar-refractivity contribution is 7.15. The maximum atomic E-state index is 12.3. The van der Waals surface area contributed by atoms with Gasteiger partial charge in [0.25, 0.3) is 0 Å². The number of ether oxygens (including phenoxy) is 1. The number of hydrogen-bond acceptors (Lipinski definition) is 4. The molecule has 1 aromatic heterocycles. The SMILES string of the molecule is CC(C)(C)OC(=O)c1c(-c2ccccc2Cl)csc1N. The number of rotatable bonds is 2. The molecule has 0 bridgehead atoms. The van der Waals surface area contributed by atoms with Crippen LogP contribution >= 0.6 is 22.9 Å². The molecule has 0 aliphatic rings. The molecule has 1 aromatic carbocycles. The standard InChI is InChI=1S/C15H16ClNO2S/c1-15(2,3)19-14(18)12-10(8-20-13(12)17)9-6-4-5-7-11(9)16/h4-8H,17H2,1-3H3. The largest absolute Gasteiger partial charge is 0.456 e. The lowest BCUT2D eigenvalue weighted by atomic mass is 10.0. The van der Waals surface area contributed by atoms with Crippen LogP contribution in [0.3, 0.4) is 0 Å². The topological polar surface area (TPSA) is 52.3 Å². The number of carbonyl (C=O) groups excluding carboxylic acids is 1. The quantitative estimate of drug-likeness (QED) is 0.824. The maximum absolute atomic E-state index is 12.3. The lowest BCUT2D eigenvalue weighted by Gasteiger charge is -2.20. The van der Waals surface area contributed by atoms with Crippen LogP contribution in [0.1, 0.15) is 31.1 Å². The Hall–Kier alpha value is -1.52. The van der Waals surface area contributed by atoms with Crippen LogP contribution in [0, 0.1) is 0 Å². The Bertz CT molecular complexity index is 644. The summed E-state index contributed by atoms with van der Waals surface area (Å²) in [7, 11) is 0. The first kappa shape index (κ1) is 14.9. The van der Waals surface area contributed by atoms with E-state index in [1.54, 1.807) is 6.07 Å². The summed E-state index contributed by atoms with van der Waals surface area (Å²) in [6.07, 6.45) is 0. The van der Waals surface area contributed by atoms with Gasteiger partial charge >= 0.3 is 5.97 Å². The van der Waals surface area contributed by atoms with Crippen LogP contribution in [0.2, 0.25) is 5.02 Å². The maximum Gasteiger partial charge on any atom is 0.342 e. The Balaban J connectivity index is 2.48. The van der Waals surface area contributed by atoms with E-state index in [1.807, 2.05) is 44.4 Å². The molecule has 0 saturated carbocycles. The molecule has 0 aliphatic heterocycles. The number of carbonyl (C=O) groups is 1. The number of hydrogen-bond donors (Lipinski definition) is 1. The molecule has 0 atom stereocenters. The average molecular weight is 310 g/mol. The van der Waals surface area contributed by atoms with Gasteiger partial charge in [0.1, 0.15) is 16.2 Å². The van der Waals surface area contributed by atoms with Crippen molar-refractivity contribution in [2.45, 2.75) is 26.4 Å².